The quantitative estimate of drug-likeness (QED) is 0.528. The van der Waals surface area contributed by atoms with E-state index >= 15 is 0 Å². The summed E-state index contributed by atoms with van der Waals surface area (Å²) in [6, 6.07) is 10.2. The molecule has 1 aliphatic rings. The molecule has 1 unspecified atom stereocenters. The summed E-state index contributed by atoms with van der Waals surface area (Å²) in [5.74, 6) is -0.0398. The smallest absolute Gasteiger partial charge is 0.213 e. The average Bonchev–Trinajstić information content (AvgIpc) is 2.69. The summed E-state index contributed by atoms with van der Waals surface area (Å²) in [6.45, 7) is 8.55. The molecule has 7 nitrogen and oxygen atoms in total. The molecule has 1 aromatic carbocycles. The van der Waals surface area contributed by atoms with Gasteiger partial charge in [-0.05, 0) is 12.1 Å². The Morgan fingerprint density at radius 1 is 1.07 bits per heavy atom. The van der Waals surface area contributed by atoms with Gasteiger partial charge in [-0.2, -0.15) is 0 Å². The van der Waals surface area contributed by atoms with Crippen molar-refractivity contribution in [1.82, 2.24) is 14.5 Å². The van der Waals surface area contributed by atoms with Gasteiger partial charge in [-0.15, -0.1) is 0 Å². The summed E-state index contributed by atoms with van der Waals surface area (Å²) in [4.78, 5) is 4.79. The Kier molecular flexibility index (Phi) is 9.67. The van der Waals surface area contributed by atoms with E-state index in [0.717, 1.165) is 38.3 Å². The number of nitrogens with one attached hydrogen (secondary N) is 1. The van der Waals surface area contributed by atoms with Gasteiger partial charge in [0.15, 0.2) is 0 Å². The van der Waals surface area contributed by atoms with Crippen LogP contribution in [0.2, 0.25) is 0 Å². The maximum Gasteiger partial charge on any atom is 0.213 e. The highest BCUT2D eigenvalue weighted by molar-refractivity contribution is 7.89. The van der Waals surface area contributed by atoms with Crippen molar-refractivity contribution in [3.05, 3.63) is 35.9 Å². The molecule has 1 aromatic rings. The molecule has 1 atom stereocenters. The van der Waals surface area contributed by atoms with Crippen molar-refractivity contribution in [3.63, 3.8) is 0 Å². The molecule has 1 saturated heterocycles. The van der Waals surface area contributed by atoms with Crippen LogP contribution in [0.1, 0.15) is 18.5 Å². The molecule has 0 saturated carbocycles. The fourth-order valence-corrected chi connectivity index (χ4v) is 4.11. The Labute approximate surface area is 163 Å². The van der Waals surface area contributed by atoms with Crippen molar-refractivity contribution in [1.29, 1.82) is 0 Å². The molecule has 1 aliphatic heterocycles. The van der Waals surface area contributed by atoms with Gasteiger partial charge in [-0.25, -0.2) is 13.1 Å². The lowest BCUT2D eigenvalue weighted by molar-refractivity contribution is 0.0783. The monoisotopic (exact) mass is 399 g/mol. The molecule has 0 spiro atoms. The first-order chi connectivity index (χ1) is 13.1. The fourth-order valence-electron chi connectivity index (χ4n) is 3.22. The van der Waals surface area contributed by atoms with E-state index in [1.165, 1.54) is 0 Å². The van der Waals surface area contributed by atoms with E-state index in [1.54, 1.807) is 7.11 Å². The number of methoxy groups -OCH3 is 1. The van der Waals surface area contributed by atoms with Crippen LogP contribution in [0.3, 0.4) is 0 Å². The van der Waals surface area contributed by atoms with Crippen molar-refractivity contribution >= 4 is 10.0 Å². The van der Waals surface area contributed by atoms with E-state index in [-0.39, 0.29) is 18.4 Å². The number of ether oxygens (including phenoxy) is 2. The number of rotatable bonds is 12. The molecule has 0 aliphatic carbocycles. The van der Waals surface area contributed by atoms with Crippen LogP contribution in [-0.4, -0.2) is 90.2 Å². The first-order valence-corrected chi connectivity index (χ1v) is 11.3. The molecule has 2 rings (SSSR count). The number of hydrogen-bond donors (Lipinski definition) is 1. The first kappa shape index (κ1) is 22.3. The predicted molar refractivity (Wildman–Crippen MR) is 107 cm³/mol. The third kappa shape index (κ3) is 7.85. The Morgan fingerprint density at radius 2 is 1.78 bits per heavy atom. The largest absolute Gasteiger partial charge is 0.382 e. The van der Waals surface area contributed by atoms with Crippen LogP contribution in [0.15, 0.2) is 30.3 Å². The Hall–Kier alpha value is -1.03. The van der Waals surface area contributed by atoms with Gasteiger partial charge in [0.25, 0.3) is 0 Å². The van der Waals surface area contributed by atoms with Gasteiger partial charge in [0, 0.05) is 45.9 Å². The van der Waals surface area contributed by atoms with E-state index in [9.17, 15) is 8.42 Å². The molecule has 154 valence electrons. The van der Waals surface area contributed by atoms with Gasteiger partial charge < -0.3 is 14.4 Å². The second kappa shape index (κ2) is 11.7. The molecule has 0 aromatic heterocycles. The maximum absolute atomic E-state index is 12.3. The van der Waals surface area contributed by atoms with E-state index < -0.39 is 10.0 Å². The van der Waals surface area contributed by atoms with Crippen molar-refractivity contribution in [3.8, 4) is 0 Å². The third-order valence-corrected chi connectivity index (χ3v) is 6.21. The van der Waals surface area contributed by atoms with E-state index in [4.69, 9.17) is 9.47 Å². The summed E-state index contributed by atoms with van der Waals surface area (Å²) in [6.07, 6.45) is 0. The topological polar surface area (TPSA) is 71.1 Å². The number of hydrogen-bond acceptors (Lipinski definition) is 6. The predicted octanol–water partition coefficient (Wildman–Crippen LogP) is 0.948. The maximum atomic E-state index is 12.3. The Balaban J connectivity index is 1.92. The van der Waals surface area contributed by atoms with Crippen LogP contribution in [0.25, 0.3) is 0 Å². The first-order valence-electron chi connectivity index (χ1n) is 9.61. The SMILES string of the molecule is CCN1CCN(C(CNS(=O)(=O)CCOCCOC)c2ccccc2)CC1. The fraction of sp³-hybridized carbons (Fsp3) is 0.684. The van der Waals surface area contributed by atoms with Crippen LogP contribution in [0, 0.1) is 0 Å². The third-order valence-electron chi connectivity index (χ3n) is 4.90. The zero-order chi connectivity index (χ0) is 19.5. The van der Waals surface area contributed by atoms with Crippen LogP contribution in [0.4, 0.5) is 0 Å². The number of nitrogens with zero attached hydrogens (tertiary/aromatic N) is 2. The van der Waals surface area contributed by atoms with Gasteiger partial charge in [-0.3, -0.25) is 4.90 Å². The van der Waals surface area contributed by atoms with E-state index in [1.807, 2.05) is 18.2 Å². The van der Waals surface area contributed by atoms with Crippen LogP contribution < -0.4 is 4.72 Å². The zero-order valence-corrected chi connectivity index (χ0v) is 17.3. The van der Waals surface area contributed by atoms with Crippen molar-refractivity contribution in [2.45, 2.75) is 13.0 Å². The second-order valence-corrected chi connectivity index (χ2v) is 8.60. The van der Waals surface area contributed by atoms with Gasteiger partial charge in [0.1, 0.15) is 0 Å². The Morgan fingerprint density at radius 3 is 2.41 bits per heavy atom. The molecular formula is C19H33N3O4S. The molecule has 0 radical (unpaired) electrons. The van der Waals surface area contributed by atoms with Crippen molar-refractivity contribution in [2.75, 3.05) is 72.0 Å². The minimum absolute atomic E-state index is 0.0365. The summed E-state index contributed by atoms with van der Waals surface area (Å²) < 4.78 is 37.6. The van der Waals surface area contributed by atoms with E-state index in [2.05, 4.69) is 33.6 Å². The van der Waals surface area contributed by atoms with Gasteiger partial charge in [0.05, 0.1) is 25.6 Å². The van der Waals surface area contributed by atoms with Crippen molar-refractivity contribution in [2.24, 2.45) is 0 Å². The lowest BCUT2D eigenvalue weighted by Gasteiger charge is -2.39. The summed E-state index contributed by atoms with van der Waals surface area (Å²) in [5.41, 5.74) is 1.14. The normalized spacial score (nSPS) is 17.9. The highest BCUT2D eigenvalue weighted by atomic mass is 32.2. The van der Waals surface area contributed by atoms with E-state index in [0.29, 0.717) is 19.8 Å². The average molecular weight is 400 g/mol. The summed E-state index contributed by atoms with van der Waals surface area (Å²) in [7, 11) is -1.79. The lowest BCUT2D eigenvalue weighted by Crippen LogP contribution is -2.49. The highest BCUT2D eigenvalue weighted by Crippen LogP contribution is 2.21. The second-order valence-electron chi connectivity index (χ2n) is 6.67. The minimum Gasteiger partial charge on any atom is -0.382 e. The van der Waals surface area contributed by atoms with Gasteiger partial charge in [0.2, 0.25) is 10.0 Å². The van der Waals surface area contributed by atoms with Crippen molar-refractivity contribution < 1.29 is 17.9 Å². The van der Waals surface area contributed by atoms with Gasteiger partial charge in [-0.1, -0.05) is 37.3 Å². The molecule has 8 heteroatoms. The summed E-state index contributed by atoms with van der Waals surface area (Å²) >= 11 is 0. The molecule has 1 N–H and O–H groups in total. The molecule has 0 bridgehead atoms. The highest BCUT2D eigenvalue weighted by Gasteiger charge is 2.25. The lowest BCUT2D eigenvalue weighted by atomic mass is 10.0. The Bertz CT molecular complexity index is 619. The number of likely N-dealkylation sites (N-methyl/N-ethyl adjacent to an activating group) is 1. The van der Waals surface area contributed by atoms with Gasteiger partial charge >= 0.3 is 0 Å². The number of piperazine rings is 1. The molecule has 1 fully saturated rings. The van der Waals surface area contributed by atoms with Crippen LogP contribution in [-0.2, 0) is 19.5 Å². The minimum atomic E-state index is -3.38. The number of sulfonamides is 1. The standard InChI is InChI=1S/C19H33N3O4S/c1-3-21-9-11-22(12-10-21)19(18-7-5-4-6-8-18)17-20-27(23,24)16-15-26-14-13-25-2/h4-8,19-20H,3,9-17H2,1-2H3. The zero-order valence-electron chi connectivity index (χ0n) is 16.5. The molecular weight excluding hydrogens is 366 g/mol. The molecule has 1 heterocycles. The summed E-state index contributed by atoms with van der Waals surface area (Å²) in [5, 5.41) is 0. The number of benzene rings is 1. The molecule has 27 heavy (non-hydrogen) atoms. The molecule has 0 amide bonds. The van der Waals surface area contributed by atoms with Crippen LogP contribution in [0.5, 0.6) is 0 Å². The van der Waals surface area contributed by atoms with Crippen LogP contribution >= 0.6 is 0 Å².